The van der Waals surface area contributed by atoms with Gasteiger partial charge in [0, 0.05) is 13.1 Å². The third kappa shape index (κ3) is 3.25. The standard InChI is InChI=1S/C20H23NO2/c1-14-5-7-15(8-6-14)17-9-16-10-19(22-3)20(23-4)11-18(16)13-21(2)12-17/h5-11H,12-13H2,1-4H3. The van der Waals surface area contributed by atoms with Crippen molar-refractivity contribution in [2.24, 2.45) is 0 Å². The second-order valence-corrected chi connectivity index (χ2v) is 6.11. The molecular weight excluding hydrogens is 286 g/mol. The summed E-state index contributed by atoms with van der Waals surface area (Å²) in [5, 5.41) is 0. The van der Waals surface area contributed by atoms with Gasteiger partial charge in [-0.1, -0.05) is 29.8 Å². The summed E-state index contributed by atoms with van der Waals surface area (Å²) in [6, 6.07) is 12.9. The third-order valence-electron chi connectivity index (χ3n) is 4.28. The highest BCUT2D eigenvalue weighted by Crippen LogP contribution is 2.35. The smallest absolute Gasteiger partial charge is 0.161 e. The van der Waals surface area contributed by atoms with Crippen LogP contribution in [0, 0.1) is 6.92 Å². The molecule has 0 bridgehead atoms. The number of methoxy groups -OCH3 is 2. The first-order valence-corrected chi connectivity index (χ1v) is 7.81. The van der Waals surface area contributed by atoms with Gasteiger partial charge in [0.15, 0.2) is 11.5 Å². The molecule has 0 unspecified atom stereocenters. The summed E-state index contributed by atoms with van der Waals surface area (Å²) in [4.78, 5) is 2.32. The SMILES string of the molecule is COc1cc2c(cc1OC)CN(C)CC(c1ccc(C)cc1)=C2. The molecule has 0 aliphatic carbocycles. The average Bonchev–Trinajstić information content (AvgIpc) is 2.71. The van der Waals surface area contributed by atoms with Gasteiger partial charge in [-0.3, -0.25) is 4.90 Å². The first-order chi connectivity index (χ1) is 11.1. The van der Waals surface area contributed by atoms with E-state index < -0.39 is 0 Å². The molecule has 0 spiro atoms. The lowest BCUT2D eigenvalue weighted by Gasteiger charge is -2.17. The third-order valence-corrected chi connectivity index (χ3v) is 4.28. The molecule has 3 nitrogen and oxygen atoms in total. The van der Waals surface area contributed by atoms with Gasteiger partial charge in [-0.25, -0.2) is 0 Å². The lowest BCUT2D eigenvalue weighted by atomic mass is 10.00. The quantitative estimate of drug-likeness (QED) is 0.855. The number of rotatable bonds is 3. The Morgan fingerprint density at radius 3 is 2.22 bits per heavy atom. The molecule has 0 N–H and O–H groups in total. The predicted octanol–water partition coefficient (Wildman–Crippen LogP) is 4.00. The second-order valence-electron chi connectivity index (χ2n) is 6.11. The Balaban J connectivity index is 2.09. The molecule has 1 heterocycles. The molecule has 1 aliphatic heterocycles. The van der Waals surface area contributed by atoms with Crippen molar-refractivity contribution in [2.75, 3.05) is 27.8 Å². The predicted molar refractivity (Wildman–Crippen MR) is 94.9 cm³/mol. The van der Waals surface area contributed by atoms with E-state index >= 15 is 0 Å². The lowest BCUT2D eigenvalue weighted by molar-refractivity contribution is 0.349. The number of benzene rings is 2. The van der Waals surface area contributed by atoms with Gasteiger partial charge < -0.3 is 9.47 Å². The Labute approximate surface area is 138 Å². The number of hydrogen-bond acceptors (Lipinski definition) is 3. The van der Waals surface area contributed by atoms with Gasteiger partial charge >= 0.3 is 0 Å². The minimum Gasteiger partial charge on any atom is -0.493 e. The van der Waals surface area contributed by atoms with Gasteiger partial charge in [-0.15, -0.1) is 0 Å². The molecule has 0 fully saturated rings. The van der Waals surface area contributed by atoms with E-state index in [-0.39, 0.29) is 0 Å². The minimum atomic E-state index is 0.773. The summed E-state index contributed by atoms with van der Waals surface area (Å²) in [6.45, 7) is 3.92. The van der Waals surface area contributed by atoms with Crippen LogP contribution in [0.3, 0.4) is 0 Å². The van der Waals surface area contributed by atoms with Crippen LogP contribution in [-0.2, 0) is 6.54 Å². The number of nitrogens with zero attached hydrogens (tertiary/aromatic N) is 1. The van der Waals surface area contributed by atoms with Crippen molar-refractivity contribution in [1.29, 1.82) is 0 Å². The van der Waals surface area contributed by atoms with Crippen molar-refractivity contribution in [1.82, 2.24) is 4.90 Å². The Bertz CT molecular complexity index is 732. The van der Waals surface area contributed by atoms with Crippen LogP contribution < -0.4 is 9.47 Å². The Hall–Kier alpha value is -2.26. The van der Waals surface area contributed by atoms with Gasteiger partial charge in [0.05, 0.1) is 14.2 Å². The topological polar surface area (TPSA) is 21.7 Å². The van der Waals surface area contributed by atoms with Crippen molar-refractivity contribution in [3.63, 3.8) is 0 Å². The zero-order valence-corrected chi connectivity index (χ0v) is 14.2. The molecule has 1 aliphatic rings. The zero-order valence-electron chi connectivity index (χ0n) is 14.2. The van der Waals surface area contributed by atoms with Crippen molar-refractivity contribution < 1.29 is 9.47 Å². The fraction of sp³-hybridized carbons (Fsp3) is 0.300. The van der Waals surface area contributed by atoms with Crippen molar-refractivity contribution in [3.8, 4) is 11.5 Å². The summed E-state index contributed by atoms with van der Waals surface area (Å²) in [5.74, 6) is 1.56. The van der Waals surface area contributed by atoms with Crippen LogP contribution in [-0.4, -0.2) is 32.7 Å². The number of likely N-dealkylation sites (N-methyl/N-ethyl adjacent to an activating group) is 1. The molecule has 2 aromatic rings. The van der Waals surface area contributed by atoms with E-state index in [0.29, 0.717) is 0 Å². The van der Waals surface area contributed by atoms with Crippen LogP contribution >= 0.6 is 0 Å². The molecule has 0 atom stereocenters. The van der Waals surface area contributed by atoms with E-state index in [4.69, 9.17) is 9.47 Å². The summed E-state index contributed by atoms with van der Waals surface area (Å²) in [6.07, 6.45) is 2.27. The van der Waals surface area contributed by atoms with Crippen LogP contribution in [0.1, 0.15) is 22.3 Å². The second kappa shape index (κ2) is 6.47. The molecule has 120 valence electrons. The Kier molecular flexibility index (Phi) is 4.39. The highest BCUT2D eigenvalue weighted by Gasteiger charge is 2.17. The maximum atomic E-state index is 5.46. The molecule has 3 rings (SSSR count). The van der Waals surface area contributed by atoms with E-state index in [9.17, 15) is 0 Å². The van der Waals surface area contributed by atoms with Crippen LogP contribution in [0.15, 0.2) is 36.4 Å². The summed E-state index contributed by atoms with van der Waals surface area (Å²) < 4.78 is 10.9. The molecule has 0 radical (unpaired) electrons. The molecule has 0 saturated heterocycles. The fourth-order valence-corrected chi connectivity index (χ4v) is 3.02. The number of aryl methyl sites for hydroxylation is 1. The van der Waals surface area contributed by atoms with Crippen molar-refractivity contribution in [2.45, 2.75) is 13.5 Å². The summed E-state index contributed by atoms with van der Waals surface area (Å²) in [7, 11) is 5.50. The molecule has 2 aromatic carbocycles. The molecule has 23 heavy (non-hydrogen) atoms. The van der Waals surface area contributed by atoms with Crippen molar-refractivity contribution in [3.05, 3.63) is 58.7 Å². The number of fused-ring (bicyclic) bond motifs is 1. The van der Waals surface area contributed by atoms with Crippen LogP contribution in [0.5, 0.6) is 11.5 Å². The normalized spacial score (nSPS) is 14.7. The molecular formula is C20H23NO2. The number of hydrogen-bond donors (Lipinski definition) is 0. The van der Waals surface area contributed by atoms with E-state index in [1.165, 1.54) is 27.8 Å². The van der Waals surface area contributed by atoms with Gasteiger partial charge in [0.1, 0.15) is 0 Å². The molecule has 0 saturated carbocycles. The van der Waals surface area contributed by atoms with Crippen molar-refractivity contribution >= 4 is 11.6 Å². The minimum absolute atomic E-state index is 0.773. The van der Waals surface area contributed by atoms with Crippen LogP contribution in [0.4, 0.5) is 0 Å². The first kappa shape index (κ1) is 15.6. The van der Waals surface area contributed by atoms with Gasteiger partial charge in [0.25, 0.3) is 0 Å². The van der Waals surface area contributed by atoms with E-state index in [1.54, 1.807) is 14.2 Å². The average molecular weight is 309 g/mol. The Morgan fingerprint density at radius 2 is 1.57 bits per heavy atom. The van der Waals surface area contributed by atoms with Gasteiger partial charge in [-0.05, 0) is 54.4 Å². The van der Waals surface area contributed by atoms with Gasteiger partial charge in [-0.2, -0.15) is 0 Å². The van der Waals surface area contributed by atoms with Crippen LogP contribution in [0.25, 0.3) is 11.6 Å². The van der Waals surface area contributed by atoms with Crippen LogP contribution in [0.2, 0.25) is 0 Å². The zero-order chi connectivity index (χ0) is 16.4. The van der Waals surface area contributed by atoms with E-state index in [0.717, 1.165) is 24.6 Å². The fourth-order valence-electron chi connectivity index (χ4n) is 3.02. The summed E-state index contributed by atoms with van der Waals surface area (Å²) in [5.41, 5.74) is 6.32. The highest BCUT2D eigenvalue weighted by molar-refractivity contribution is 5.84. The maximum absolute atomic E-state index is 5.46. The first-order valence-electron chi connectivity index (χ1n) is 7.81. The largest absolute Gasteiger partial charge is 0.493 e. The summed E-state index contributed by atoms with van der Waals surface area (Å²) >= 11 is 0. The maximum Gasteiger partial charge on any atom is 0.161 e. The Morgan fingerprint density at radius 1 is 0.913 bits per heavy atom. The molecule has 0 amide bonds. The highest BCUT2D eigenvalue weighted by atomic mass is 16.5. The van der Waals surface area contributed by atoms with E-state index in [1.807, 2.05) is 0 Å². The molecule has 3 heteroatoms. The van der Waals surface area contributed by atoms with Gasteiger partial charge in [0.2, 0.25) is 0 Å². The molecule has 0 aromatic heterocycles. The van der Waals surface area contributed by atoms with E-state index in [2.05, 4.69) is 61.3 Å². The monoisotopic (exact) mass is 309 g/mol. The number of ether oxygens (including phenoxy) is 2. The lowest BCUT2D eigenvalue weighted by Crippen LogP contribution is -2.18.